The van der Waals surface area contributed by atoms with Crippen LogP contribution >= 0.6 is 23.1 Å². The Hall–Kier alpha value is -1.97. The Labute approximate surface area is 171 Å². The summed E-state index contributed by atoms with van der Waals surface area (Å²) in [5.41, 5.74) is 0.831. The van der Waals surface area contributed by atoms with E-state index in [1.165, 1.54) is 11.8 Å². The molecule has 3 aromatic rings. The third kappa shape index (κ3) is 4.21. The first kappa shape index (κ1) is 19.4. The van der Waals surface area contributed by atoms with Crippen molar-refractivity contribution in [2.24, 2.45) is 0 Å². The Bertz CT molecular complexity index is 1110. The van der Waals surface area contributed by atoms with Crippen LogP contribution in [-0.4, -0.2) is 47.1 Å². The standard InChI is InChI=1S/C19H19N3O3S3/c1-12(18(23)20-13-8-10-28(24,25)11-13)27-19-14-5-2-3-6-15(14)21-17(22-19)16-7-4-9-26-16/h2-7,9,12-13H,8,10-11H2,1H3,(H,20,23)/t12-,13+/m1/s1. The van der Waals surface area contributed by atoms with Crippen LogP contribution in [0.2, 0.25) is 0 Å². The number of thioether (sulfide) groups is 1. The Morgan fingerprint density at radius 3 is 2.79 bits per heavy atom. The van der Waals surface area contributed by atoms with Gasteiger partial charge in [0.05, 0.1) is 27.1 Å². The van der Waals surface area contributed by atoms with E-state index in [0.717, 1.165) is 20.8 Å². The normalized spacial score (nSPS) is 19.5. The van der Waals surface area contributed by atoms with Gasteiger partial charge in [-0.05, 0) is 30.9 Å². The summed E-state index contributed by atoms with van der Waals surface area (Å²) in [7, 11) is -3.03. The largest absolute Gasteiger partial charge is 0.351 e. The van der Waals surface area contributed by atoms with Crippen LogP contribution in [0.1, 0.15) is 13.3 Å². The highest BCUT2D eigenvalue weighted by Gasteiger charge is 2.30. The molecule has 2 aromatic heterocycles. The summed E-state index contributed by atoms with van der Waals surface area (Å²) in [6.07, 6.45) is 0.477. The SMILES string of the molecule is C[C@@H](Sc1nc(-c2cccs2)nc2ccccc12)C(=O)N[C@H]1CCS(=O)(=O)C1. The van der Waals surface area contributed by atoms with Crippen LogP contribution in [-0.2, 0) is 14.6 Å². The molecule has 0 aliphatic carbocycles. The molecule has 0 unspecified atom stereocenters. The van der Waals surface area contributed by atoms with Gasteiger partial charge in [-0.1, -0.05) is 36.0 Å². The second-order valence-corrected chi connectivity index (χ2v) is 11.2. The Kier molecular flexibility index (Phi) is 5.39. The zero-order valence-corrected chi connectivity index (χ0v) is 17.6. The van der Waals surface area contributed by atoms with Crippen molar-refractivity contribution in [1.82, 2.24) is 15.3 Å². The van der Waals surface area contributed by atoms with Gasteiger partial charge in [0, 0.05) is 11.4 Å². The quantitative estimate of drug-likeness (QED) is 0.491. The molecule has 4 rings (SSSR count). The number of carbonyl (C=O) groups is 1. The molecule has 6 nitrogen and oxygen atoms in total. The number of sulfone groups is 1. The average Bonchev–Trinajstić information content (AvgIpc) is 3.31. The summed E-state index contributed by atoms with van der Waals surface area (Å²) in [5.74, 6) is 0.633. The molecule has 1 fully saturated rings. The maximum atomic E-state index is 12.6. The van der Waals surface area contributed by atoms with E-state index in [9.17, 15) is 13.2 Å². The van der Waals surface area contributed by atoms with Crippen LogP contribution < -0.4 is 5.32 Å². The number of benzene rings is 1. The third-order valence-electron chi connectivity index (χ3n) is 4.55. The van der Waals surface area contributed by atoms with Crippen molar-refractivity contribution in [2.45, 2.75) is 29.7 Å². The number of amides is 1. The first-order valence-corrected chi connectivity index (χ1v) is 12.5. The fourth-order valence-corrected chi connectivity index (χ4v) is 6.38. The monoisotopic (exact) mass is 433 g/mol. The lowest BCUT2D eigenvalue weighted by atomic mass is 10.2. The van der Waals surface area contributed by atoms with Gasteiger partial charge in [-0.15, -0.1) is 11.3 Å². The molecule has 1 saturated heterocycles. The van der Waals surface area contributed by atoms with Crippen LogP contribution in [0.25, 0.3) is 21.6 Å². The third-order valence-corrected chi connectivity index (χ3v) is 8.28. The first-order valence-electron chi connectivity index (χ1n) is 8.89. The summed E-state index contributed by atoms with van der Waals surface area (Å²) >= 11 is 2.94. The lowest BCUT2D eigenvalue weighted by Crippen LogP contribution is -2.39. The fraction of sp³-hybridized carbons (Fsp3) is 0.316. The van der Waals surface area contributed by atoms with Gasteiger partial charge in [-0.25, -0.2) is 18.4 Å². The molecule has 0 saturated carbocycles. The molecule has 1 aliphatic rings. The second kappa shape index (κ2) is 7.81. The highest BCUT2D eigenvalue weighted by atomic mass is 32.2. The Morgan fingerprint density at radius 2 is 2.07 bits per heavy atom. The van der Waals surface area contributed by atoms with E-state index in [4.69, 9.17) is 4.98 Å². The van der Waals surface area contributed by atoms with Crippen LogP contribution in [0.15, 0.2) is 46.8 Å². The molecule has 1 N–H and O–H groups in total. The molecule has 0 radical (unpaired) electrons. The maximum absolute atomic E-state index is 12.6. The predicted molar refractivity (Wildman–Crippen MR) is 113 cm³/mol. The Morgan fingerprint density at radius 1 is 1.25 bits per heavy atom. The van der Waals surface area contributed by atoms with Crippen molar-refractivity contribution >= 4 is 49.7 Å². The van der Waals surface area contributed by atoms with Gasteiger partial charge >= 0.3 is 0 Å². The minimum absolute atomic E-state index is 0.0229. The number of hydrogen-bond donors (Lipinski definition) is 1. The van der Waals surface area contributed by atoms with Crippen molar-refractivity contribution in [1.29, 1.82) is 0 Å². The number of hydrogen-bond acceptors (Lipinski definition) is 7. The van der Waals surface area contributed by atoms with Gasteiger partial charge in [-0.2, -0.15) is 0 Å². The highest BCUT2D eigenvalue weighted by Crippen LogP contribution is 2.32. The number of nitrogens with one attached hydrogen (secondary N) is 1. The topological polar surface area (TPSA) is 89.0 Å². The van der Waals surface area contributed by atoms with Gasteiger partial charge in [0.15, 0.2) is 15.7 Å². The van der Waals surface area contributed by atoms with E-state index in [2.05, 4.69) is 10.3 Å². The second-order valence-electron chi connectivity index (χ2n) is 6.72. The lowest BCUT2D eigenvalue weighted by molar-refractivity contribution is -0.120. The van der Waals surface area contributed by atoms with Gasteiger partial charge in [0.25, 0.3) is 0 Å². The minimum Gasteiger partial charge on any atom is -0.351 e. The van der Waals surface area contributed by atoms with E-state index in [-0.39, 0.29) is 23.5 Å². The number of carbonyl (C=O) groups excluding carboxylic acids is 1. The van der Waals surface area contributed by atoms with Crippen LogP contribution in [0, 0.1) is 0 Å². The van der Waals surface area contributed by atoms with Crippen molar-refractivity contribution in [3.8, 4) is 10.7 Å². The molecular weight excluding hydrogens is 414 g/mol. The van der Waals surface area contributed by atoms with Crippen molar-refractivity contribution in [3.05, 3.63) is 41.8 Å². The van der Waals surface area contributed by atoms with E-state index < -0.39 is 15.1 Å². The van der Waals surface area contributed by atoms with Gasteiger partial charge in [0.1, 0.15) is 5.03 Å². The summed E-state index contributed by atoms with van der Waals surface area (Å²) in [6, 6.07) is 11.4. The smallest absolute Gasteiger partial charge is 0.233 e. The minimum atomic E-state index is -3.03. The molecule has 1 aromatic carbocycles. The average molecular weight is 434 g/mol. The molecule has 3 heterocycles. The zero-order valence-electron chi connectivity index (χ0n) is 15.2. The van der Waals surface area contributed by atoms with Crippen molar-refractivity contribution in [3.63, 3.8) is 0 Å². The molecule has 1 amide bonds. The van der Waals surface area contributed by atoms with Gasteiger partial charge in [-0.3, -0.25) is 4.79 Å². The van der Waals surface area contributed by atoms with E-state index >= 15 is 0 Å². The molecule has 28 heavy (non-hydrogen) atoms. The van der Waals surface area contributed by atoms with Crippen molar-refractivity contribution < 1.29 is 13.2 Å². The van der Waals surface area contributed by atoms with Gasteiger partial charge < -0.3 is 5.32 Å². The molecule has 1 aliphatic heterocycles. The molecule has 2 atom stereocenters. The number of thiophene rings is 1. The summed E-state index contributed by atoms with van der Waals surface area (Å²) < 4.78 is 23.2. The molecule has 0 spiro atoms. The Balaban J connectivity index is 1.57. The number of para-hydroxylation sites is 1. The number of rotatable bonds is 5. The molecule has 0 bridgehead atoms. The van der Waals surface area contributed by atoms with Crippen LogP contribution in [0.4, 0.5) is 0 Å². The first-order chi connectivity index (χ1) is 13.4. The number of aromatic nitrogens is 2. The van der Waals surface area contributed by atoms with E-state index in [1.807, 2.05) is 48.7 Å². The van der Waals surface area contributed by atoms with E-state index in [0.29, 0.717) is 12.2 Å². The molecular formula is C19H19N3O3S3. The predicted octanol–water partition coefficient (Wildman–Crippen LogP) is 3.14. The van der Waals surface area contributed by atoms with Crippen LogP contribution in [0.5, 0.6) is 0 Å². The summed E-state index contributed by atoms with van der Waals surface area (Å²) in [5, 5.41) is 6.08. The fourth-order valence-electron chi connectivity index (χ4n) is 3.10. The van der Waals surface area contributed by atoms with Crippen LogP contribution in [0.3, 0.4) is 0 Å². The zero-order chi connectivity index (χ0) is 19.7. The molecule has 9 heteroatoms. The summed E-state index contributed by atoms with van der Waals surface area (Å²) in [4.78, 5) is 22.9. The molecule has 146 valence electrons. The van der Waals surface area contributed by atoms with Crippen molar-refractivity contribution in [2.75, 3.05) is 11.5 Å². The highest BCUT2D eigenvalue weighted by molar-refractivity contribution is 8.00. The van der Waals surface area contributed by atoms with Gasteiger partial charge in [0.2, 0.25) is 5.91 Å². The number of nitrogens with zero attached hydrogens (tertiary/aromatic N) is 2. The maximum Gasteiger partial charge on any atom is 0.233 e. The van der Waals surface area contributed by atoms with E-state index in [1.54, 1.807) is 11.3 Å². The summed E-state index contributed by atoms with van der Waals surface area (Å²) in [6.45, 7) is 1.81. The number of fused-ring (bicyclic) bond motifs is 1. The lowest BCUT2D eigenvalue weighted by Gasteiger charge is -2.16.